The fourth-order valence-electron chi connectivity index (χ4n) is 1.95. The maximum Gasteiger partial charge on any atom is 0.264 e. The van der Waals surface area contributed by atoms with E-state index in [0.29, 0.717) is 16.9 Å². The Morgan fingerprint density at radius 3 is 2.55 bits per heavy atom. The molecule has 1 aromatic heterocycles. The van der Waals surface area contributed by atoms with Crippen molar-refractivity contribution in [3.63, 3.8) is 0 Å². The van der Waals surface area contributed by atoms with Gasteiger partial charge in [0.1, 0.15) is 0 Å². The number of nitrogens with zero attached hydrogens (tertiary/aromatic N) is 2. The lowest BCUT2D eigenvalue weighted by molar-refractivity contribution is 0.593. The van der Waals surface area contributed by atoms with Crippen molar-refractivity contribution < 1.29 is 8.42 Å². The minimum absolute atomic E-state index is 0.223. The van der Waals surface area contributed by atoms with Crippen LogP contribution in [0, 0.1) is 13.8 Å². The van der Waals surface area contributed by atoms with E-state index in [9.17, 15) is 8.42 Å². The van der Waals surface area contributed by atoms with E-state index >= 15 is 0 Å². The maximum atomic E-state index is 12.7. The molecule has 2 N–H and O–H groups in total. The van der Waals surface area contributed by atoms with E-state index in [1.165, 1.54) is 17.5 Å². The monoisotopic (exact) mass is 291 g/mol. The van der Waals surface area contributed by atoms with Crippen molar-refractivity contribution in [2.24, 2.45) is 0 Å². The number of sulfonamides is 1. The van der Waals surface area contributed by atoms with Crippen molar-refractivity contribution >= 4 is 21.4 Å². The Balaban J connectivity index is 2.57. The molecule has 0 fully saturated rings. The van der Waals surface area contributed by atoms with Crippen molar-refractivity contribution in [3.8, 4) is 0 Å². The molecule has 0 saturated heterocycles. The first-order chi connectivity index (χ1) is 9.34. The summed E-state index contributed by atoms with van der Waals surface area (Å²) >= 11 is 0. The minimum Gasteiger partial charge on any atom is -0.398 e. The minimum atomic E-state index is -3.65. The third-order valence-electron chi connectivity index (χ3n) is 3.19. The summed E-state index contributed by atoms with van der Waals surface area (Å²) < 4.78 is 26.6. The van der Waals surface area contributed by atoms with Gasteiger partial charge in [-0.05, 0) is 49.2 Å². The number of nitrogen functional groups attached to an aromatic ring is 1. The summed E-state index contributed by atoms with van der Waals surface area (Å²) in [6.07, 6.45) is 3.10. The van der Waals surface area contributed by atoms with Crippen LogP contribution >= 0.6 is 0 Å². The predicted molar refractivity (Wildman–Crippen MR) is 80.2 cm³/mol. The number of nitrogens with two attached hydrogens (primary N) is 1. The highest BCUT2D eigenvalue weighted by Crippen LogP contribution is 2.27. The Morgan fingerprint density at radius 1 is 1.25 bits per heavy atom. The van der Waals surface area contributed by atoms with E-state index in [1.54, 1.807) is 37.4 Å². The predicted octanol–water partition coefficient (Wildman–Crippen LogP) is 2.11. The Kier molecular flexibility index (Phi) is 3.67. The summed E-state index contributed by atoms with van der Waals surface area (Å²) in [6, 6.07) is 6.78. The van der Waals surface area contributed by atoms with Crippen LogP contribution in [0.2, 0.25) is 0 Å². The summed E-state index contributed by atoms with van der Waals surface area (Å²) in [5.41, 5.74) is 8.22. The maximum absolute atomic E-state index is 12.7. The molecular formula is C14H17N3O2S. The molecule has 0 spiro atoms. The average molecular weight is 291 g/mol. The second kappa shape index (κ2) is 5.13. The Bertz CT molecular complexity index is 728. The zero-order valence-electron chi connectivity index (χ0n) is 11.7. The first kappa shape index (κ1) is 14.3. The first-order valence-electron chi connectivity index (χ1n) is 6.09. The molecule has 1 aromatic carbocycles. The van der Waals surface area contributed by atoms with Crippen molar-refractivity contribution in [1.29, 1.82) is 0 Å². The fourth-order valence-corrected chi connectivity index (χ4v) is 3.47. The van der Waals surface area contributed by atoms with Gasteiger partial charge in [-0.2, -0.15) is 0 Å². The number of aryl methyl sites for hydroxylation is 1. The summed E-state index contributed by atoms with van der Waals surface area (Å²) in [4.78, 5) is 4.16. The van der Waals surface area contributed by atoms with Gasteiger partial charge in [-0.25, -0.2) is 8.42 Å². The summed E-state index contributed by atoms with van der Waals surface area (Å²) in [5, 5.41) is 0. The van der Waals surface area contributed by atoms with Gasteiger partial charge in [0.15, 0.2) is 0 Å². The molecule has 0 aliphatic heterocycles. The molecule has 20 heavy (non-hydrogen) atoms. The number of aromatic nitrogens is 1. The third kappa shape index (κ3) is 2.46. The standard InChI is InChI=1S/C14H17N3O2S/c1-10-7-13(15)11(2)14(8-10)20(18,19)17(3)12-5-4-6-16-9-12/h4-9H,15H2,1-3H3. The molecule has 0 atom stereocenters. The largest absolute Gasteiger partial charge is 0.398 e. The number of benzene rings is 1. The molecular weight excluding hydrogens is 274 g/mol. The molecule has 0 unspecified atom stereocenters. The van der Waals surface area contributed by atoms with Gasteiger partial charge in [0.2, 0.25) is 0 Å². The van der Waals surface area contributed by atoms with Crippen LogP contribution in [0.1, 0.15) is 11.1 Å². The van der Waals surface area contributed by atoms with Crippen LogP contribution in [0.5, 0.6) is 0 Å². The molecule has 5 nitrogen and oxygen atoms in total. The lowest BCUT2D eigenvalue weighted by Crippen LogP contribution is -2.27. The lowest BCUT2D eigenvalue weighted by Gasteiger charge is -2.21. The van der Waals surface area contributed by atoms with Crippen molar-refractivity contribution in [1.82, 2.24) is 4.98 Å². The Labute approximate surface area is 119 Å². The van der Waals surface area contributed by atoms with Gasteiger partial charge in [0.25, 0.3) is 10.0 Å². The van der Waals surface area contributed by atoms with E-state index in [4.69, 9.17) is 5.73 Å². The van der Waals surface area contributed by atoms with Gasteiger partial charge < -0.3 is 5.73 Å². The van der Waals surface area contributed by atoms with Crippen LogP contribution in [0.15, 0.2) is 41.6 Å². The zero-order chi connectivity index (χ0) is 14.9. The topological polar surface area (TPSA) is 76.3 Å². The molecule has 0 bridgehead atoms. The van der Waals surface area contributed by atoms with Crippen molar-refractivity contribution in [2.45, 2.75) is 18.7 Å². The molecule has 1 heterocycles. The second-order valence-electron chi connectivity index (χ2n) is 4.66. The van der Waals surface area contributed by atoms with Crippen molar-refractivity contribution in [2.75, 3.05) is 17.1 Å². The van der Waals surface area contributed by atoms with E-state index in [-0.39, 0.29) is 4.90 Å². The van der Waals surface area contributed by atoms with Crippen LogP contribution in [0.25, 0.3) is 0 Å². The van der Waals surface area contributed by atoms with E-state index < -0.39 is 10.0 Å². The Hall–Kier alpha value is -2.08. The van der Waals surface area contributed by atoms with Crippen LogP contribution in [0.3, 0.4) is 0 Å². The third-order valence-corrected chi connectivity index (χ3v) is 5.10. The highest BCUT2D eigenvalue weighted by atomic mass is 32.2. The summed E-state index contributed by atoms with van der Waals surface area (Å²) in [5.74, 6) is 0. The van der Waals surface area contributed by atoms with Crippen LogP contribution in [-0.4, -0.2) is 20.4 Å². The molecule has 0 radical (unpaired) electrons. The fraction of sp³-hybridized carbons (Fsp3) is 0.214. The molecule has 106 valence electrons. The van der Waals surface area contributed by atoms with Gasteiger partial charge in [0.05, 0.1) is 16.8 Å². The number of pyridine rings is 1. The van der Waals surface area contributed by atoms with Crippen LogP contribution in [-0.2, 0) is 10.0 Å². The SMILES string of the molecule is Cc1cc(N)c(C)c(S(=O)(=O)N(C)c2cccnc2)c1. The van der Waals surface area contributed by atoms with Gasteiger partial charge >= 0.3 is 0 Å². The normalized spacial score (nSPS) is 11.3. The van der Waals surface area contributed by atoms with Gasteiger partial charge in [0, 0.05) is 18.9 Å². The highest BCUT2D eigenvalue weighted by molar-refractivity contribution is 7.92. The molecule has 0 amide bonds. The number of anilines is 2. The first-order valence-corrected chi connectivity index (χ1v) is 7.53. The lowest BCUT2D eigenvalue weighted by atomic mass is 10.1. The summed E-state index contributed by atoms with van der Waals surface area (Å²) in [6.45, 7) is 3.53. The second-order valence-corrected chi connectivity index (χ2v) is 6.60. The zero-order valence-corrected chi connectivity index (χ0v) is 12.5. The average Bonchev–Trinajstić information content (AvgIpc) is 2.42. The van der Waals surface area contributed by atoms with Gasteiger partial charge in [-0.3, -0.25) is 9.29 Å². The van der Waals surface area contributed by atoms with Crippen LogP contribution in [0.4, 0.5) is 11.4 Å². The summed E-state index contributed by atoms with van der Waals surface area (Å²) in [7, 11) is -2.15. The smallest absolute Gasteiger partial charge is 0.264 e. The van der Waals surface area contributed by atoms with E-state index in [0.717, 1.165) is 5.56 Å². The number of hydrogen-bond donors (Lipinski definition) is 1. The van der Waals surface area contributed by atoms with Crippen molar-refractivity contribution in [3.05, 3.63) is 47.8 Å². The Morgan fingerprint density at radius 2 is 1.95 bits per heavy atom. The molecule has 0 aliphatic carbocycles. The van der Waals surface area contributed by atoms with Crippen LogP contribution < -0.4 is 10.0 Å². The quantitative estimate of drug-likeness (QED) is 0.879. The number of hydrogen-bond acceptors (Lipinski definition) is 4. The molecule has 0 aliphatic rings. The highest BCUT2D eigenvalue weighted by Gasteiger charge is 2.24. The number of rotatable bonds is 3. The molecule has 6 heteroatoms. The molecule has 2 rings (SSSR count). The molecule has 0 saturated carbocycles. The van der Waals surface area contributed by atoms with E-state index in [2.05, 4.69) is 4.98 Å². The molecule has 2 aromatic rings. The van der Waals surface area contributed by atoms with Gasteiger partial charge in [-0.15, -0.1) is 0 Å². The van der Waals surface area contributed by atoms with Gasteiger partial charge in [-0.1, -0.05) is 0 Å². The van der Waals surface area contributed by atoms with E-state index in [1.807, 2.05) is 6.92 Å².